The van der Waals surface area contributed by atoms with Crippen LogP contribution in [0.15, 0.2) is 59.8 Å². The molecule has 0 spiro atoms. The molecule has 2 aliphatic rings. The molecule has 0 radical (unpaired) electrons. The van der Waals surface area contributed by atoms with Crippen molar-refractivity contribution < 1.29 is 9.59 Å². The van der Waals surface area contributed by atoms with Gasteiger partial charge < -0.3 is 14.2 Å². The van der Waals surface area contributed by atoms with E-state index in [-0.39, 0.29) is 17.7 Å². The molecule has 166 valence electrons. The molecule has 0 saturated carbocycles. The third kappa shape index (κ3) is 4.39. The molecule has 4 heterocycles. The van der Waals surface area contributed by atoms with Crippen LogP contribution < -0.4 is 0 Å². The number of benzene rings is 1. The van der Waals surface area contributed by atoms with Gasteiger partial charge in [-0.2, -0.15) is 0 Å². The number of piperidine rings is 1. The minimum atomic E-state index is 0.0650. The summed E-state index contributed by atoms with van der Waals surface area (Å²) in [6.45, 7) is 3.09. The second-order valence-corrected chi connectivity index (χ2v) is 9.60. The minimum absolute atomic E-state index is 0.0650. The first-order chi connectivity index (χ1) is 15.7. The molecule has 1 aromatic carbocycles. The fourth-order valence-corrected chi connectivity index (χ4v) is 5.60. The van der Waals surface area contributed by atoms with Crippen LogP contribution in [0, 0.1) is 5.92 Å². The fourth-order valence-electron chi connectivity index (χ4n) is 4.67. The summed E-state index contributed by atoms with van der Waals surface area (Å²) in [4.78, 5) is 35.6. The Bertz CT molecular complexity index is 1080. The number of hydrogen-bond donors (Lipinski definition) is 0. The van der Waals surface area contributed by atoms with E-state index in [2.05, 4.69) is 4.98 Å². The summed E-state index contributed by atoms with van der Waals surface area (Å²) >= 11 is 1.65. The summed E-state index contributed by atoms with van der Waals surface area (Å²) in [7, 11) is 0. The largest absolute Gasteiger partial charge is 0.342 e. The SMILES string of the molecule is O=C(c1ccccc1SCc1cn2ccccc2n1)N1CCC(C(=O)N2CCCC2)CC1. The minimum Gasteiger partial charge on any atom is -0.342 e. The molecule has 2 amide bonds. The van der Waals surface area contributed by atoms with E-state index in [9.17, 15) is 9.59 Å². The van der Waals surface area contributed by atoms with Gasteiger partial charge in [0.15, 0.2) is 0 Å². The normalized spacial score (nSPS) is 17.2. The van der Waals surface area contributed by atoms with Gasteiger partial charge in [0, 0.05) is 55.1 Å². The zero-order chi connectivity index (χ0) is 21.9. The lowest BCUT2D eigenvalue weighted by molar-refractivity contribution is -0.135. The number of imidazole rings is 1. The van der Waals surface area contributed by atoms with Crippen LogP contribution in [-0.4, -0.2) is 57.2 Å². The summed E-state index contributed by atoms with van der Waals surface area (Å²) in [6, 6.07) is 13.8. The van der Waals surface area contributed by atoms with Crippen LogP contribution >= 0.6 is 11.8 Å². The highest BCUT2D eigenvalue weighted by molar-refractivity contribution is 7.98. The summed E-state index contributed by atoms with van der Waals surface area (Å²) < 4.78 is 2.01. The van der Waals surface area contributed by atoms with E-state index in [0.717, 1.165) is 60.6 Å². The molecule has 0 bridgehead atoms. The lowest BCUT2D eigenvalue weighted by Crippen LogP contribution is -2.43. The first-order valence-electron chi connectivity index (χ1n) is 11.4. The number of thioether (sulfide) groups is 1. The Labute approximate surface area is 192 Å². The number of carbonyl (C=O) groups is 2. The molecule has 6 nitrogen and oxygen atoms in total. The van der Waals surface area contributed by atoms with Crippen molar-refractivity contribution >= 4 is 29.2 Å². The summed E-state index contributed by atoms with van der Waals surface area (Å²) in [5.41, 5.74) is 2.66. The van der Waals surface area contributed by atoms with Gasteiger partial charge in [-0.3, -0.25) is 9.59 Å². The predicted molar refractivity (Wildman–Crippen MR) is 126 cm³/mol. The van der Waals surface area contributed by atoms with E-state index in [1.807, 2.05) is 69.1 Å². The van der Waals surface area contributed by atoms with Crippen molar-refractivity contribution in [1.29, 1.82) is 0 Å². The number of rotatable bonds is 5. The van der Waals surface area contributed by atoms with E-state index in [4.69, 9.17) is 0 Å². The molecule has 0 atom stereocenters. The molecular formula is C25H28N4O2S. The molecule has 0 unspecified atom stereocenters. The van der Waals surface area contributed by atoms with Crippen LogP contribution in [-0.2, 0) is 10.5 Å². The van der Waals surface area contributed by atoms with Gasteiger partial charge in [-0.1, -0.05) is 18.2 Å². The monoisotopic (exact) mass is 448 g/mol. The van der Waals surface area contributed by atoms with Crippen LogP contribution in [0.2, 0.25) is 0 Å². The van der Waals surface area contributed by atoms with Crippen LogP contribution in [0.5, 0.6) is 0 Å². The van der Waals surface area contributed by atoms with E-state index >= 15 is 0 Å². The molecule has 7 heteroatoms. The molecule has 5 rings (SSSR count). The van der Waals surface area contributed by atoms with Crippen molar-refractivity contribution in [2.75, 3.05) is 26.2 Å². The van der Waals surface area contributed by atoms with Crippen molar-refractivity contribution in [3.63, 3.8) is 0 Å². The summed E-state index contributed by atoms with van der Waals surface area (Å²) in [6.07, 6.45) is 7.79. The Morgan fingerprint density at radius 1 is 0.938 bits per heavy atom. The number of aromatic nitrogens is 2. The van der Waals surface area contributed by atoms with Crippen LogP contribution in [0.4, 0.5) is 0 Å². The molecule has 2 aliphatic heterocycles. The van der Waals surface area contributed by atoms with Gasteiger partial charge in [-0.05, 0) is 49.9 Å². The van der Waals surface area contributed by atoms with Gasteiger partial charge >= 0.3 is 0 Å². The van der Waals surface area contributed by atoms with Crippen molar-refractivity contribution in [1.82, 2.24) is 19.2 Å². The quantitative estimate of drug-likeness (QED) is 0.552. The Balaban J connectivity index is 1.22. The van der Waals surface area contributed by atoms with Gasteiger partial charge in [-0.25, -0.2) is 4.98 Å². The first-order valence-corrected chi connectivity index (χ1v) is 12.4. The Hall–Kier alpha value is -2.80. The first kappa shape index (κ1) is 21.1. The third-order valence-corrected chi connectivity index (χ3v) is 7.56. The van der Waals surface area contributed by atoms with Crippen LogP contribution in [0.25, 0.3) is 5.65 Å². The van der Waals surface area contributed by atoms with Gasteiger partial charge in [-0.15, -0.1) is 11.8 Å². The average Bonchev–Trinajstić information content (AvgIpc) is 3.52. The topological polar surface area (TPSA) is 57.9 Å². The zero-order valence-electron chi connectivity index (χ0n) is 18.2. The third-order valence-electron chi connectivity index (χ3n) is 6.46. The van der Waals surface area contributed by atoms with E-state index < -0.39 is 0 Å². The summed E-state index contributed by atoms with van der Waals surface area (Å²) in [5.74, 6) is 1.13. The molecule has 2 saturated heterocycles. The number of fused-ring (bicyclic) bond motifs is 1. The Kier molecular flexibility index (Phi) is 6.17. The Morgan fingerprint density at radius 3 is 2.47 bits per heavy atom. The average molecular weight is 449 g/mol. The standard InChI is InChI=1S/C25H28N4O2S/c30-24(27-12-5-6-13-27)19-10-15-28(16-11-19)25(31)21-7-1-2-8-22(21)32-18-20-17-29-14-4-3-9-23(29)26-20/h1-4,7-9,14,17,19H,5-6,10-13,15-16,18H2. The molecule has 0 aliphatic carbocycles. The van der Waals surface area contributed by atoms with Crippen molar-refractivity contribution in [2.45, 2.75) is 36.3 Å². The van der Waals surface area contributed by atoms with Crippen molar-refractivity contribution in [3.05, 3.63) is 66.1 Å². The highest BCUT2D eigenvalue weighted by atomic mass is 32.2. The van der Waals surface area contributed by atoms with E-state index in [1.54, 1.807) is 11.8 Å². The van der Waals surface area contributed by atoms with Gasteiger partial charge in [0.25, 0.3) is 5.91 Å². The lowest BCUT2D eigenvalue weighted by atomic mass is 9.95. The molecular weight excluding hydrogens is 420 g/mol. The van der Waals surface area contributed by atoms with E-state index in [0.29, 0.717) is 18.8 Å². The van der Waals surface area contributed by atoms with Gasteiger partial charge in [0.2, 0.25) is 5.91 Å². The second kappa shape index (κ2) is 9.36. The van der Waals surface area contributed by atoms with Gasteiger partial charge in [0.1, 0.15) is 5.65 Å². The number of pyridine rings is 1. The van der Waals surface area contributed by atoms with Crippen LogP contribution in [0.1, 0.15) is 41.7 Å². The molecule has 3 aromatic rings. The maximum Gasteiger partial charge on any atom is 0.254 e. The maximum absolute atomic E-state index is 13.3. The highest BCUT2D eigenvalue weighted by Crippen LogP contribution is 2.29. The van der Waals surface area contributed by atoms with E-state index in [1.165, 1.54) is 0 Å². The lowest BCUT2D eigenvalue weighted by Gasteiger charge is -2.33. The molecule has 2 fully saturated rings. The molecule has 0 N–H and O–H groups in total. The predicted octanol–water partition coefficient (Wildman–Crippen LogP) is 4.10. The highest BCUT2D eigenvalue weighted by Gasteiger charge is 2.31. The molecule has 32 heavy (non-hydrogen) atoms. The fraction of sp³-hybridized carbons (Fsp3) is 0.400. The van der Waals surface area contributed by atoms with Crippen molar-refractivity contribution in [2.24, 2.45) is 5.92 Å². The smallest absolute Gasteiger partial charge is 0.254 e. The maximum atomic E-state index is 13.3. The second-order valence-electron chi connectivity index (χ2n) is 8.58. The number of amides is 2. The number of nitrogens with zero attached hydrogens (tertiary/aromatic N) is 4. The van der Waals surface area contributed by atoms with Crippen molar-refractivity contribution in [3.8, 4) is 0 Å². The number of likely N-dealkylation sites (tertiary alicyclic amines) is 2. The zero-order valence-corrected chi connectivity index (χ0v) is 19.0. The summed E-state index contributed by atoms with van der Waals surface area (Å²) in [5, 5.41) is 0. The Morgan fingerprint density at radius 2 is 1.69 bits per heavy atom. The van der Waals surface area contributed by atoms with Gasteiger partial charge in [0.05, 0.1) is 11.3 Å². The number of hydrogen-bond acceptors (Lipinski definition) is 4. The van der Waals surface area contributed by atoms with Crippen LogP contribution in [0.3, 0.4) is 0 Å². The molecule has 2 aromatic heterocycles. The number of carbonyl (C=O) groups excluding carboxylic acids is 2.